The molecule has 1 heterocycles. The van der Waals surface area contributed by atoms with Gasteiger partial charge >= 0.3 is 5.97 Å². The van der Waals surface area contributed by atoms with Crippen molar-refractivity contribution < 1.29 is 77.2 Å². The summed E-state index contributed by atoms with van der Waals surface area (Å²) in [6.45, 7) is 2.21. The Kier molecular flexibility index (Phi) is 18.3. The van der Waals surface area contributed by atoms with Gasteiger partial charge in [-0.05, 0) is 60.3 Å². The molecule has 2 aliphatic carbocycles. The number of nitrogens with two attached hydrogens (primary N) is 1. The van der Waals surface area contributed by atoms with E-state index < -0.39 is 147 Å². The molecule has 4 amide bonds. The number of benzene rings is 2. The van der Waals surface area contributed by atoms with E-state index in [0.717, 1.165) is 22.6 Å². The Bertz CT molecular complexity index is 3030. The average Bonchev–Trinajstić information content (AvgIpc) is 3.68. The Morgan fingerprint density at radius 1 is 0.889 bits per heavy atom. The highest BCUT2D eigenvalue weighted by Crippen LogP contribution is 2.44. The van der Waals surface area contributed by atoms with Crippen molar-refractivity contribution in [2.75, 3.05) is 26.7 Å². The second kappa shape index (κ2) is 23.6. The van der Waals surface area contributed by atoms with Gasteiger partial charge < -0.3 is 31.3 Å². The number of aliphatic imine (C=N–C) groups is 2. The van der Waals surface area contributed by atoms with Crippen LogP contribution in [0.25, 0.3) is 0 Å². The van der Waals surface area contributed by atoms with Gasteiger partial charge in [-0.2, -0.15) is 25.3 Å². The number of ketones is 2. The summed E-state index contributed by atoms with van der Waals surface area (Å²) in [5, 5.41) is 2.21. The van der Waals surface area contributed by atoms with Crippen LogP contribution in [0.5, 0.6) is 0 Å². The number of fused-ring (bicyclic) bond motifs is 1. The highest BCUT2D eigenvalue weighted by molar-refractivity contribution is 7.90. The van der Waals surface area contributed by atoms with Gasteiger partial charge in [-0.15, -0.1) is 0 Å². The number of carbonyl (C=O) groups excluding carboxylic acids is 7. The van der Waals surface area contributed by atoms with E-state index in [1.165, 1.54) is 31.3 Å². The molecule has 8 N–H and O–H groups in total. The molecule has 24 nitrogen and oxygen atoms in total. The van der Waals surface area contributed by atoms with Crippen LogP contribution in [0.1, 0.15) is 42.6 Å². The standard InChI is InChI=1S/C45H51N7O17S3/c1-25(2)18-32(50-42(57)30(46)19-26-10-6-4-7-11-26)43(58)48-22-37(55)47-17-16-34(54)44(69-45(59)27-12-8-5-9-13-27)51-31-14-15-35(70(60,61)62)29-21-36(71(63,64)65)39(41(38(29)31)72(66,67)68)40(56)33-20-28(49-24-53)23-52(33)3/h4-15,20-21,24-25,30,32,35,38,41,44H,16-19,22-23,46H2,1-3H3,(H,47,55)(H,48,58)(H,50,57)(H,60,61,62)(H,63,64,65)(H,66,67,68)/t30-,32-,35?,38?,41?,44?/m0/s1. The number of nitrogens with zero attached hydrogens (tertiary/aromatic N) is 3. The molecular weight excluding hydrogens is 1010 g/mol. The molecule has 6 atom stereocenters. The Balaban J connectivity index is 1.45. The van der Waals surface area contributed by atoms with Gasteiger partial charge in [0.15, 0.2) is 5.78 Å². The van der Waals surface area contributed by atoms with Crippen molar-refractivity contribution in [2.45, 2.75) is 61.9 Å². The fourth-order valence-corrected chi connectivity index (χ4v) is 10.8. The number of nitrogens with one attached hydrogen (secondary N) is 3. The maximum Gasteiger partial charge on any atom is 0.340 e. The lowest BCUT2D eigenvalue weighted by molar-refractivity contribution is -0.131. The SMILES string of the molecule is CC(C)C[C@H](NC(=O)[C@@H](N)Cc1ccccc1)C(=O)NCC(=O)NCCC(=O)C(N=C1C=CC(S(=O)(=O)O)C2=CC(S(=O)(=O)O)=C(C(=O)C3=CC(=NC=O)CN3C)C(S(=O)(=O)O)C21)OC(=O)c1ccccc1. The molecular formula is C45H51N7O17S3. The third kappa shape index (κ3) is 14.4. The van der Waals surface area contributed by atoms with Gasteiger partial charge in [-0.1, -0.05) is 68.5 Å². The minimum atomic E-state index is -5.86. The first-order chi connectivity index (χ1) is 33.7. The zero-order chi connectivity index (χ0) is 53.3. The van der Waals surface area contributed by atoms with Crippen LogP contribution in [0.15, 0.2) is 117 Å². The largest absolute Gasteiger partial charge is 0.429 e. The van der Waals surface area contributed by atoms with Crippen molar-refractivity contribution in [1.29, 1.82) is 0 Å². The lowest BCUT2D eigenvalue weighted by atomic mass is 9.77. The molecule has 27 heteroatoms. The van der Waals surface area contributed by atoms with Crippen LogP contribution in [0, 0.1) is 11.8 Å². The maximum atomic E-state index is 14.3. The van der Waals surface area contributed by atoms with Crippen LogP contribution in [0.3, 0.4) is 0 Å². The van der Waals surface area contributed by atoms with E-state index in [2.05, 4.69) is 25.9 Å². The fourth-order valence-electron chi connectivity index (χ4n) is 7.91. The molecule has 0 saturated heterocycles. The molecule has 3 aliphatic rings. The molecule has 386 valence electrons. The van der Waals surface area contributed by atoms with E-state index in [0.29, 0.717) is 12.2 Å². The molecule has 0 fully saturated rings. The predicted octanol–water partition coefficient (Wildman–Crippen LogP) is -0.320. The monoisotopic (exact) mass is 1060 g/mol. The smallest absolute Gasteiger partial charge is 0.340 e. The van der Waals surface area contributed by atoms with Crippen molar-refractivity contribution in [2.24, 2.45) is 27.6 Å². The van der Waals surface area contributed by atoms with Crippen LogP contribution in [-0.4, -0.2) is 152 Å². The third-order valence-corrected chi connectivity index (χ3v) is 14.3. The van der Waals surface area contributed by atoms with Crippen LogP contribution in [0.2, 0.25) is 0 Å². The summed E-state index contributed by atoms with van der Waals surface area (Å²) in [5.74, 6) is -8.33. The molecule has 2 aromatic carbocycles. The van der Waals surface area contributed by atoms with E-state index in [4.69, 9.17) is 10.5 Å². The first-order valence-electron chi connectivity index (χ1n) is 21.7. The summed E-state index contributed by atoms with van der Waals surface area (Å²) in [7, 11) is -15.7. The van der Waals surface area contributed by atoms with Crippen molar-refractivity contribution in [3.8, 4) is 0 Å². The van der Waals surface area contributed by atoms with E-state index in [1.807, 2.05) is 0 Å². The highest BCUT2D eigenvalue weighted by atomic mass is 32.2. The average molecular weight is 1060 g/mol. The zero-order valence-corrected chi connectivity index (χ0v) is 41.1. The second-order valence-corrected chi connectivity index (χ2v) is 21.5. The first-order valence-corrected chi connectivity index (χ1v) is 26.2. The summed E-state index contributed by atoms with van der Waals surface area (Å²) in [6.07, 6.45) is 0.255. The number of likely N-dealkylation sites (N-methyl/N-ethyl adjacent to an activating group) is 1. The van der Waals surface area contributed by atoms with E-state index in [1.54, 1.807) is 50.2 Å². The Hall–Kier alpha value is -6.88. The van der Waals surface area contributed by atoms with Crippen LogP contribution < -0.4 is 21.7 Å². The molecule has 0 bridgehead atoms. The summed E-state index contributed by atoms with van der Waals surface area (Å²) < 4.78 is 115. The van der Waals surface area contributed by atoms with Gasteiger partial charge in [-0.25, -0.2) is 14.8 Å². The van der Waals surface area contributed by atoms with Gasteiger partial charge in [0, 0.05) is 37.2 Å². The van der Waals surface area contributed by atoms with Crippen LogP contribution >= 0.6 is 0 Å². The summed E-state index contributed by atoms with van der Waals surface area (Å²) >= 11 is 0. The quantitative estimate of drug-likeness (QED) is 0.0451. The van der Waals surface area contributed by atoms with E-state index >= 15 is 0 Å². The number of rotatable bonds is 22. The molecule has 0 saturated carbocycles. The number of ether oxygens (including phenoxy) is 1. The van der Waals surface area contributed by atoms with Crippen molar-refractivity contribution in [3.63, 3.8) is 0 Å². The zero-order valence-electron chi connectivity index (χ0n) is 38.6. The molecule has 2 aromatic rings. The number of allylic oxidation sites excluding steroid dienone is 3. The minimum Gasteiger partial charge on any atom is -0.429 e. The third-order valence-electron chi connectivity index (χ3n) is 11.2. The summed E-state index contributed by atoms with van der Waals surface area (Å²) in [4.78, 5) is 99.3. The molecule has 0 radical (unpaired) electrons. The number of hydrogen-bond donors (Lipinski definition) is 7. The van der Waals surface area contributed by atoms with Crippen molar-refractivity contribution >= 4 is 83.4 Å². The first kappa shape index (κ1) is 56.0. The second-order valence-electron chi connectivity index (χ2n) is 17.0. The number of esters is 1. The van der Waals surface area contributed by atoms with Crippen molar-refractivity contribution in [3.05, 3.63) is 118 Å². The van der Waals surface area contributed by atoms with Crippen LogP contribution in [0.4, 0.5) is 0 Å². The number of amides is 4. The fraction of sp³-hybridized carbons (Fsp3) is 0.356. The molecule has 5 rings (SSSR count). The summed E-state index contributed by atoms with van der Waals surface area (Å²) in [6, 6.07) is 13.8. The molecule has 1 aliphatic heterocycles. The maximum absolute atomic E-state index is 14.3. The molecule has 72 heavy (non-hydrogen) atoms. The minimum absolute atomic E-state index is 0.0614. The van der Waals surface area contributed by atoms with Gasteiger partial charge in [-0.3, -0.25) is 42.4 Å². The molecule has 0 aromatic heterocycles. The van der Waals surface area contributed by atoms with Gasteiger partial charge in [0.2, 0.25) is 29.9 Å². The normalized spacial score (nSPS) is 20.4. The lowest BCUT2D eigenvalue weighted by Crippen LogP contribution is -2.53. The Labute approximate surface area is 413 Å². The number of hydrogen-bond acceptors (Lipinski definition) is 17. The van der Waals surface area contributed by atoms with Crippen molar-refractivity contribution in [1.82, 2.24) is 20.9 Å². The number of Topliss-reactive ketones (excluding diaryl/α,β-unsaturated/α-hetero) is 2. The lowest BCUT2D eigenvalue weighted by Gasteiger charge is -2.37. The Morgan fingerprint density at radius 3 is 2.11 bits per heavy atom. The molecule has 0 spiro atoms. The van der Waals surface area contributed by atoms with Gasteiger partial charge in [0.05, 0.1) is 36.1 Å². The van der Waals surface area contributed by atoms with Gasteiger partial charge in [0.25, 0.3) is 36.6 Å². The van der Waals surface area contributed by atoms with E-state index in [-0.39, 0.29) is 43.0 Å². The summed E-state index contributed by atoms with van der Waals surface area (Å²) in [5.41, 5.74) is 3.19. The Morgan fingerprint density at radius 2 is 1.53 bits per heavy atom. The van der Waals surface area contributed by atoms with E-state index in [9.17, 15) is 72.5 Å². The molecule has 4 unspecified atom stereocenters. The topological polar surface area (TPSA) is 382 Å². The van der Waals surface area contributed by atoms with Gasteiger partial charge in [0.1, 0.15) is 21.4 Å². The number of carbonyl (C=O) groups is 7. The highest BCUT2D eigenvalue weighted by Gasteiger charge is 2.53. The predicted molar refractivity (Wildman–Crippen MR) is 257 cm³/mol. The van der Waals surface area contributed by atoms with Crippen LogP contribution in [-0.2, 0) is 70.3 Å².